The number of allylic oxidation sites excluding steroid dienone is 6. The topological polar surface area (TPSA) is 72.9 Å². The molecule has 1 aliphatic heterocycles. The Morgan fingerprint density at radius 3 is 2.63 bits per heavy atom. The van der Waals surface area contributed by atoms with E-state index in [0.29, 0.717) is 24.0 Å². The highest BCUT2D eigenvalue weighted by Crippen LogP contribution is 2.33. The molecule has 1 atom stereocenters. The fourth-order valence-corrected chi connectivity index (χ4v) is 4.51. The van der Waals surface area contributed by atoms with Crippen molar-refractivity contribution in [2.45, 2.75) is 57.1 Å². The van der Waals surface area contributed by atoms with Gasteiger partial charge in [0.1, 0.15) is 17.7 Å². The molecule has 1 aliphatic carbocycles. The van der Waals surface area contributed by atoms with Gasteiger partial charge in [-0.2, -0.15) is 0 Å². The molecule has 0 bridgehead atoms. The smallest absolute Gasteiger partial charge is 0.257 e. The lowest BCUT2D eigenvalue weighted by Gasteiger charge is -2.21. The van der Waals surface area contributed by atoms with Crippen LogP contribution in [0.3, 0.4) is 0 Å². The quantitative estimate of drug-likeness (QED) is 0.469. The maximum Gasteiger partial charge on any atom is 0.257 e. The number of likely N-dealkylation sites (tertiary alicyclic amines) is 1. The average Bonchev–Trinajstić information content (AvgIpc) is 3.21. The SMILES string of the molecule is C=C(CC)C1=CCC(F)=C(OC2CCN(C(=O)c3cc(S(C)(=O)=O)ccc3OC(C)C)C2)C(F)=C1. The number of benzene rings is 1. The molecule has 190 valence electrons. The van der Waals surface area contributed by atoms with Gasteiger partial charge in [-0.3, -0.25) is 4.79 Å². The minimum Gasteiger partial charge on any atom is -0.490 e. The van der Waals surface area contributed by atoms with Gasteiger partial charge in [0.25, 0.3) is 5.91 Å². The maximum atomic E-state index is 14.8. The number of ether oxygens (including phenoxy) is 2. The van der Waals surface area contributed by atoms with Crippen molar-refractivity contribution in [3.63, 3.8) is 0 Å². The van der Waals surface area contributed by atoms with Gasteiger partial charge >= 0.3 is 0 Å². The largest absolute Gasteiger partial charge is 0.490 e. The molecule has 0 N–H and O–H groups in total. The van der Waals surface area contributed by atoms with Crippen LogP contribution < -0.4 is 4.74 Å². The number of carbonyl (C=O) groups is 1. The van der Waals surface area contributed by atoms with Gasteiger partial charge in [-0.25, -0.2) is 17.2 Å². The first-order chi connectivity index (χ1) is 16.4. The lowest BCUT2D eigenvalue weighted by Crippen LogP contribution is -2.31. The van der Waals surface area contributed by atoms with Crippen molar-refractivity contribution in [2.75, 3.05) is 19.3 Å². The fraction of sp³-hybridized carbons (Fsp3) is 0.423. The first kappa shape index (κ1) is 26.7. The van der Waals surface area contributed by atoms with Crippen LogP contribution in [-0.4, -0.2) is 50.8 Å². The van der Waals surface area contributed by atoms with Crippen molar-refractivity contribution in [1.82, 2.24) is 4.90 Å². The Kier molecular flexibility index (Phi) is 8.20. The van der Waals surface area contributed by atoms with E-state index in [1.165, 1.54) is 29.2 Å². The standard InChI is InChI=1S/C26H31F2NO5S/c1-6-17(4)18-7-9-22(27)25(23(28)13-18)34-19-11-12-29(15-19)26(30)21-14-20(35(5,31)32)8-10-24(21)33-16(2)3/h7-8,10,13-14,16,19H,4,6,9,11-12,15H2,1-3,5H3. The molecule has 0 radical (unpaired) electrons. The number of hydrogen-bond donors (Lipinski definition) is 0. The van der Waals surface area contributed by atoms with Gasteiger partial charge in [0, 0.05) is 25.6 Å². The summed E-state index contributed by atoms with van der Waals surface area (Å²) in [6.07, 6.45) is 3.86. The van der Waals surface area contributed by atoms with E-state index < -0.39 is 39.3 Å². The molecule has 1 aromatic carbocycles. The summed E-state index contributed by atoms with van der Waals surface area (Å²) in [5.74, 6) is -2.17. The number of sulfone groups is 1. The van der Waals surface area contributed by atoms with Crippen molar-refractivity contribution in [3.8, 4) is 5.75 Å². The molecule has 1 aromatic rings. The Hall–Kier alpha value is -2.94. The Balaban J connectivity index is 1.79. The number of carbonyl (C=O) groups excluding carboxylic acids is 1. The lowest BCUT2D eigenvalue weighted by atomic mass is 10.0. The van der Waals surface area contributed by atoms with Crippen molar-refractivity contribution in [1.29, 1.82) is 0 Å². The van der Waals surface area contributed by atoms with Crippen LogP contribution in [0.5, 0.6) is 5.75 Å². The van der Waals surface area contributed by atoms with E-state index in [0.717, 1.165) is 6.26 Å². The predicted octanol–water partition coefficient (Wildman–Crippen LogP) is 5.44. The molecule has 2 aliphatic rings. The van der Waals surface area contributed by atoms with Gasteiger partial charge in [0.05, 0.1) is 23.1 Å². The second-order valence-electron chi connectivity index (χ2n) is 8.92. The molecule has 0 saturated carbocycles. The number of nitrogens with zero attached hydrogens (tertiary/aromatic N) is 1. The third kappa shape index (κ3) is 6.39. The zero-order valence-electron chi connectivity index (χ0n) is 20.4. The van der Waals surface area contributed by atoms with Crippen LogP contribution in [0, 0.1) is 0 Å². The second-order valence-corrected chi connectivity index (χ2v) is 10.9. The Bertz CT molecular complexity index is 1210. The minimum absolute atomic E-state index is 0.00110. The fourth-order valence-electron chi connectivity index (χ4n) is 3.86. The molecule has 9 heteroatoms. The molecular weight excluding hydrogens is 476 g/mol. The molecule has 0 aromatic heterocycles. The van der Waals surface area contributed by atoms with Crippen LogP contribution in [0.15, 0.2) is 70.4 Å². The second kappa shape index (κ2) is 10.8. The van der Waals surface area contributed by atoms with E-state index in [1.807, 2.05) is 6.92 Å². The first-order valence-corrected chi connectivity index (χ1v) is 13.4. The Morgan fingerprint density at radius 2 is 2.00 bits per heavy atom. The van der Waals surface area contributed by atoms with Gasteiger partial charge < -0.3 is 14.4 Å². The zero-order valence-corrected chi connectivity index (χ0v) is 21.3. The summed E-state index contributed by atoms with van der Waals surface area (Å²) in [5.41, 5.74) is 1.34. The van der Waals surface area contributed by atoms with Crippen molar-refractivity contribution < 1.29 is 31.5 Å². The van der Waals surface area contributed by atoms with Gasteiger partial charge in [-0.15, -0.1) is 0 Å². The summed E-state index contributed by atoms with van der Waals surface area (Å²) in [7, 11) is -3.54. The average molecular weight is 508 g/mol. The van der Waals surface area contributed by atoms with Crippen molar-refractivity contribution in [3.05, 3.63) is 71.1 Å². The highest BCUT2D eigenvalue weighted by molar-refractivity contribution is 7.90. The van der Waals surface area contributed by atoms with E-state index in [4.69, 9.17) is 9.47 Å². The van der Waals surface area contributed by atoms with E-state index >= 15 is 0 Å². The van der Waals surface area contributed by atoms with Gasteiger partial charge in [-0.05, 0) is 55.7 Å². The van der Waals surface area contributed by atoms with E-state index in [1.54, 1.807) is 19.9 Å². The molecule has 1 saturated heterocycles. The van der Waals surface area contributed by atoms with E-state index in [2.05, 4.69) is 6.58 Å². The van der Waals surface area contributed by atoms with Gasteiger partial charge in [0.2, 0.25) is 0 Å². The van der Waals surface area contributed by atoms with E-state index in [-0.39, 0.29) is 41.8 Å². The number of halogens is 2. The molecule has 0 spiro atoms. The van der Waals surface area contributed by atoms with E-state index in [9.17, 15) is 22.0 Å². The van der Waals surface area contributed by atoms with Crippen LogP contribution in [0.1, 0.15) is 50.4 Å². The highest BCUT2D eigenvalue weighted by atomic mass is 32.2. The van der Waals surface area contributed by atoms with Crippen LogP contribution >= 0.6 is 0 Å². The summed E-state index contributed by atoms with van der Waals surface area (Å²) < 4.78 is 64.9. The molecule has 6 nitrogen and oxygen atoms in total. The van der Waals surface area contributed by atoms with Crippen molar-refractivity contribution >= 4 is 15.7 Å². The molecule has 1 heterocycles. The molecular formula is C26H31F2NO5S. The summed E-state index contributed by atoms with van der Waals surface area (Å²) in [5, 5.41) is 0. The molecule has 35 heavy (non-hydrogen) atoms. The summed E-state index contributed by atoms with van der Waals surface area (Å²) in [4.78, 5) is 14.8. The Labute approximate surface area is 205 Å². The summed E-state index contributed by atoms with van der Waals surface area (Å²) in [6, 6.07) is 4.16. The Morgan fingerprint density at radius 1 is 1.29 bits per heavy atom. The third-order valence-electron chi connectivity index (χ3n) is 5.77. The normalized spacial score (nSPS) is 18.8. The highest BCUT2D eigenvalue weighted by Gasteiger charge is 2.32. The first-order valence-electron chi connectivity index (χ1n) is 11.5. The number of hydrogen-bond acceptors (Lipinski definition) is 5. The van der Waals surface area contributed by atoms with Crippen molar-refractivity contribution in [2.24, 2.45) is 0 Å². The molecule has 1 unspecified atom stereocenters. The summed E-state index contributed by atoms with van der Waals surface area (Å²) in [6.45, 7) is 9.73. The zero-order chi connectivity index (χ0) is 25.9. The summed E-state index contributed by atoms with van der Waals surface area (Å²) >= 11 is 0. The monoisotopic (exact) mass is 507 g/mol. The molecule has 3 rings (SSSR count). The van der Waals surface area contributed by atoms with Gasteiger partial charge in [-0.1, -0.05) is 19.6 Å². The number of rotatable bonds is 8. The number of amides is 1. The van der Waals surface area contributed by atoms with Crippen LogP contribution in [0.25, 0.3) is 0 Å². The molecule has 1 amide bonds. The van der Waals surface area contributed by atoms with Crippen LogP contribution in [0.2, 0.25) is 0 Å². The van der Waals surface area contributed by atoms with Crippen LogP contribution in [-0.2, 0) is 14.6 Å². The maximum absolute atomic E-state index is 14.8. The molecule has 1 fully saturated rings. The van der Waals surface area contributed by atoms with Crippen LogP contribution in [0.4, 0.5) is 8.78 Å². The third-order valence-corrected chi connectivity index (χ3v) is 6.88. The van der Waals surface area contributed by atoms with Gasteiger partial charge in [0.15, 0.2) is 21.4 Å². The predicted molar refractivity (Wildman–Crippen MR) is 130 cm³/mol. The lowest BCUT2D eigenvalue weighted by molar-refractivity contribution is 0.0727. The minimum atomic E-state index is -3.54.